The predicted octanol–water partition coefficient (Wildman–Crippen LogP) is 2.71. The zero-order valence-electron chi connectivity index (χ0n) is 25.1. The first-order chi connectivity index (χ1) is 21.6. The normalized spacial score (nSPS) is 18.1. The summed E-state index contributed by atoms with van der Waals surface area (Å²) < 4.78 is 6.23. The number of thioether (sulfide) groups is 1. The van der Waals surface area contributed by atoms with Crippen molar-refractivity contribution in [3.05, 3.63) is 77.1 Å². The van der Waals surface area contributed by atoms with Crippen LogP contribution in [0.4, 0.5) is 0 Å². The lowest BCUT2D eigenvalue weighted by Gasteiger charge is -2.27. The Kier molecular flexibility index (Phi) is 11.0. The second-order valence-electron chi connectivity index (χ2n) is 11.7. The van der Waals surface area contributed by atoms with E-state index in [4.69, 9.17) is 21.4 Å². The molecule has 2 fully saturated rings. The van der Waals surface area contributed by atoms with E-state index in [1.165, 1.54) is 23.7 Å². The number of likely N-dealkylation sites (N-methyl/N-ethyl adjacent to an activating group) is 1. The standard InChI is InChI=1S/C33H40ClN3O7S/c1-37(32(43)31(42)30(41)29(40)27(39)19-38)14-15-45-22-8-9-26(34)20(16-22)17-36-33(11-12-33)25-18-35-13-10-23(25)24-4-2-3-5-28(24)44-21-6-7-21/h2-5,8-10,13,16,18,21,27,29-31,36,38-42H,6-7,11-12,14-15,17,19H2,1H3/t27-,29+,30-,31-/m0/s1. The molecule has 4 atom stereocenters. The molecular weight excluding hydrogens is 618 g/mol. The van der Waals surface area contributed by atoms with Gasteiger partial charge < -0.3 is 40.5 Å². The summed E-state index contributed by atoms with van der Waals surface area (Å²) in [7, 11) is 1.48. The lowest BCUT2D eigenvalue weighted by molar-refractivity contribution is -0.156. The topological polar surface area (TPSA) is 156 Å². The summed E-state index contributed by atoms with van der Waals surface area (Å²) in [5, 5.41) is 52.8. The van der Waals surface area contributed by atoms with E-state index in [-0.39, 0.29) is 12.1 Å². The molecule has 1 aromatic heterocycles. The number of aliphatic hydroxyl groups excluding tert-OH is 5. The lowest BCUT2D eigenvalue weighted by Crippen LogP contribution is -2.52. The molecule has 0 unspecified atom stereocenters. The van der Waals surface area contributed by atoms with Gasteiger partial charge in [0.05, 0.1) is 12.7 Å². The molecule has 0 spiro atoms. The Labute approximate surface area is 272 Å². The van der Waals surface area contributed by atoms with Crippen molar-refractivity contribution in [1.82, 2.24) is 15.2 Å². The van der Waals surface area contributed by atoms with Crippen molar-refractivity contribution in [2.75, 3.05) is 26.0 Å². The summed E-state index contributed by atoms with van der Waals surface area (Å²) in [5.41, 5.74) is 4.03. The molecule has 2 saturated carbocycles. The summed E-state index contributed by atoms with van der Waals surface area (Å²) in [6.45, 7) is -0.0206. The maximum Gasteiger partial charge on any atom is 0.253 e. The number of aromatic nitrogens is 1. The van der Waals surface area contributed by atoms with Crippen LogP contribution in [0, 0.1) is 0 Å². The van der Waals surface area contributed by atoms with E-state index >= 15 is 0 Å². The van der Waals surface area contributed by atoms with Crippen molar-refractivity contribution in [3.8, 4) is 16.9 Å². The minimum Gasteiger partial charge on any atom is -0.490 e. The number of benzene rings is 2. The number of hydrogen-bond donors (Lipinski definition) is 6. The van der Waals surface area contributed by atoms with Crippen LogP contribution in [-0.4, -0.2) is 97.8 Å². The van der Waals surface area contributed by atoms with Gasteiger partial charge in [0.1, 0.15) is 24.1 Å². The van der Waals surface area contributed by atoms with E-state index in [1.807, 2.05) is 48.8 Å². The SMILES string of the molecule is CN(CCSc1ccc(Cl)c(CNC2(c3cnccc3-c3ccccc3OC3CC3)CC2)c1)C(=O)[C@@H](O)[C@@H](O)[C@H](O)[C@@H](O)CO. The number of ether oxygens (including phenoxy) is 1. The first-order valence-electron chi connectivity index (χ1n) is 15.1. The van der Waals surface area contributed by atoms with Gasteiger partial charge in [-0.05, 0) is 72.7 Å². The summed E-state index contributed by atoms with van der Waals surface area (Å²) in [6, 6.07) is 16.0. The molecule has 5 rings (SSSR count). The van der Waals surface area contributed by atoms with Gasteiger partial charge >= 0.3 is 0 Å². The molecule has 2 aromatic carbocycles. The van der Waals surface area contributed by atoms with Crippen molar-refractivity contribution in [3.63, 3.8) is 0 Å². The summed E-state index contributed by atoms with van der Waals surface area (Å²) in [5.74, 6) is 0.582. The van der Waals surface area contributed by atoms with Gasteiger partial charge in [-0.2, -0.15) is 0 Å². The molecule has 3 aromatic rings. The summed E-state index contributed by atoms with van der Waals surface area (Å²) >= 11 is 8.12. The first-order valence-corrected chi connectivity index (χ1v) is 16.4. The third-order valence-corrected chi connectivity index (χ3v) is 9.64. The number of carbonyl (C=O) groups excluding carboxylic acids is 1. The Bertz CT molecular complexity index is 1470. The second-order valence-corrected chi connectivity index (χ2v) is 13.3. The van der Waals surface area contributed by atoms with E-state index in [1.54, 1.807) is 0 Å². The van der Waals surface area contributed by atoms with Crippen LogP contribution in [0.1, 0.15) is 36.8 Å². The van der Waals surface area contributed by atoms with Crippen molar-refractivity contribution >= 4 is 29.3 Å². The van der Waals surface area contributed by atoms with Gasteiger partial charge in [-0.3, -0.25) is 9.78 Å². The van der Waals surface area contributed by atoms with Crippen molar-refractivity contribution in [2.24, 2.45) is 0 Å². The number of pyridine rings is 1. The van der Waals surface area contributed by atoms with E-state index in [0.29, 0.717) is 23.4 Å². The van der Waals surface area contributed by atoms with Gasteiger partial charge in [-0.25, -0.2) is 0 Å². The van der Waals surface area contributed by atoms with Gasteiger partial charge in [0.25, 0.3) is 5.91 Å². The van der Waals surface area contributed by atoms with Crippen LogP contribution < -0.4 is 10.1 Å². The number of nitrogens with zero attached hydrogens (tertiary/aromatic N) is 2. The van der Waals surface area contributed by atoms with Gasteiger partial charge in [0.15, 0.2) is 6.10 Å². The molecule has 0 aliphatic heterocycles. The van der Waals surface area contributed by atoms with Crippen LogP contribution in [0.15, 0.2) is 65.8 Å². The van der Waals surface area contributed by atoms with E-state index in [0.717, 1.165) is 58.6 Å². The van der Waals surface area contributed by atoms with Crippen LogP contribution in [0.3, 0.4) is 0 Å². The number of rotatable bonds is 16. The average molecular weight is 658 g/mol. The summed E-state index contributed by atoms with van der Waals surface area (Å²) in [4.78, 5) is 19.2. The predicted molar refractivity (Wildman–Crippen MR) is 172 cm³/mol. The van der Waals surface area contributed by atoms with Crippen molar-refractivity contribution < 1.29 is 35.1 Å². The van der Waals surface area contributed by atoms with Crippen LogP contribution in [-0.2, 0) is 16.9 Å². The fraction of sp³-hybridized carbons (Fsp3) is 0.455. The molecule has 45 heavy (non-hydrogen) atoms. The molecule has 10 nitrogen and oxygen atoms in total. The highest BCUT2D eigenvalue weighted by Crippen LogP contribution is 2.50. The van der Waals surface area contributed by atoms with Gasteiger partial charge in [-0.15, -0.1) is 11.8 Å². The zero-order chi connectivity index (χ0) is 32.1. The van der Waals surface area contributed by atoms with E-state index in [2.05, 4.69) is 22.4 Å². The third kappa shape index (κ3) is 8.16. The minimum atomic E-state index is -1.95. The Morgan fingerprint density at radius 1 is 1.11 bits per heavy atom. The molecule has 2 aliphatic rings. The molecular formula is C33H40ClN3O7S. The molecule has 2 aliphatic carbocycles. The quantitative estimate of drug-likeness (QED) is 0.127. The number of hydrogen-bond acceptors (Lipinski definition) is 10. The molecule has 1 heterocycles. The number of halogens is 1. The molecule has 1 amide bonds. The number of carbonyl (C=O) groups is 1. The van der Waals surface area contributed by atoms with Crippen molar-refractivity contribution in [1.29, 1.82) is 0 Å². The number of nitrogens with one attached hydrogen (secondary N) is 1. The minimum absolute atomic E-state index is 0.224. The largest absolute Gasteiger partial charge is 0.490 e. The van der Waals surface area contributed by atoms with Crippen LogP contribution in [0.2, 0.25) is 5.02 Å². The van der Waals surface area contributed by atoms with Crippen LogP contribution in [0.5, 0.6) is 5.75 Å². The highest BCUT2D eigenvalue weighted by atomic mass is 35.5. The molecule has 6 N–H and O–H groups in total. The Morgan fingerprint density at radius 2 is 1.87 bits per heavy atom. The maximum atomic E-state index is 12.5. The Balaban J connectivity index is 1.20. The molecule has 0 radical (unpaired) electrons. The van der Waals surface area contributed by atoms with Crippen LogP contribution >= 0.6 is 23.4 Å². The van der Waals surface area contributed by atoms with Gasteiger partial charge in [-0.1, -0.05) is 29.8 Å². The van der Waals surface area contributed by atoms with E-state index in [9.17, 15) is 25.2 Å². The van der Waals surface area contributed by atoms with Crippen molar-refractivity contribution in [2.45, 2.75) is 73.2 Å². The molecule has 0 saturated heterocycles. The second kappa shape index (κ2) is 14.8. The Morgan fingerprint density at radius 3 is 2.58 bits per heavy atom. The third-order valence-electron chi connectivity index (χ3n) is 8.30. The van der Waals surface area contributed by atoms with E-state index < -0.39 is 36.9 Å². The number of amides is 1. The first kappa shape index (κ1) is 33.6. The zero-order valence-corrected chi connectivity index (χ0v) is 26.6. The van der Waals surface area contributed by atoms with Gasteiger partial charge in [0.2, 0.25) is 0 Å². The number of aliphatic hydroxyl groups is 5. The average Bonchev–Trinajstić information content (AvgIpc) is 4.01. The fourth-order valence-electron chi connectivity index (χ4n) is 5.18. The highest BCUT2D eigenvalue weighted by molar-refractivity contribution is 7.99. The van der Waals surface area contributed by atoms with Gasteiger partial charge in [0, 0.05) is 59.3 Å². The molecule has 12 heteroatoms. The molecule has 242 valence electrons. The lowest BCUT2D eigenvalue weighted by atomic mass is 9.94. The molecule has 0 bridgehead atoms. The smallest absolute Gasteiger partial charge is 0.253 e. The fourth-order valence-corrected chi connectivity index (χ4v) is 6.36. The van der Waals surface area contributed by atoms with Crippen LogP contribution in [0.25, 0.3) is 11.1 Å². The monoisotopic (exact) mass is 657 g/mol. The Hall–Kier alpha value is -2.74. The number of para-hydroxylation sites is 1. The highest BCUT2D eigenvalue weighted by Gasteiger charge is 2.46. The summed E-state index contributed by atoms with van der Waals surface area (Å²) in [6.07, 6.45) is 0.751. The maximum absolute atomic E-state index is 12.5.